The highest BCUT2D eigenvalue weighted by Crippen LogP contribution is 2.34. The number of benzene rings is 3. The Balaban J connectivity index is 0.00000220. The van der Waals surface area contributed by atoms with Crippen LogP contribution in [-0.4, -0.2) is 25.8 Å². The highest BCUT2D eigenvalue weighted by molar-refractivity contribution is 6.07. The van der Waals surface area contributed by atoms with Gasteiger partial charge in [-0.3, -0.25) is 5.32 Å². The van der Waals surface area contributed by atoms with Gasteiger partial charge in [-0.1, -0.05) is 62.7 Å². The van der Waals surface area contributed by atoms with E-state index >= 15 is 0 Å². The molecule has 0 spiro atoms. The van der Waals surface area contributed by atoms with Gasteiger partial charge in [0.2, 0.25) is 5.88 Å². The van der Waals surface area contributed by atoms with E-state index in [-0.39, 0.29) is 14.3 Å². The number of nitrogens with one attached hydrogen (secondary N) is 2. The van der Waals surface area contributed by atoms with Crippen LogP contribution in [0.15, 0.2) is 79.0 Å². The summed E-state index contributed by atoms with van der Waals surface area (Å²) in [6, 6.07) is 22.7. The zero-order valence-corrected chi connectivity index (χ0v) is 22.1. The molecule has 0 aliphatic heterocycles. The van der Waals surface area contributed by atoms with E-state index in [1.165, 1.54) is 0 Å². The lowest BCUT2D eigenvalue weighted by molar-refractivity contribution is 0.262. The maximum absolute atomic E-state index is 13.2. The smallest absolute Gasteiger partial charge is 0.324 e. The van der Waals surface area contributed by atoms with Crippen molar-refractivity contribution in [1.82, 2.24) is 19.7 Å². The van der Waals surface area contributed by atoms with E-state index < -0.39 is 0 Å². The lowest BCUT2D eigenvalue weighted by Gasteiger charge is -2.14. The molecule has 2 N–H and O–H groups in total. The number of urea groups is 1. The van der Waals surface area contributed by atoms with Crippen molar-refractivity contribution >= 4 is 28.3 Å². The van der Waals surface area contributed by atoms with Crippen LogP contribution in [0, 0.1) is 13.8 Å². The van der Waals surface area contributed by atoms with Gasteiger partial charge in [0.15, 0.2) is 0 Å². The number of hydrogen-bond acceptors (Lipinski definition) is 5. The number of aromatic nitrogens is 4. The highest BCUT2D eigenvalue weighted by Gasteiger charge is 2.22. The average molecular weight is 511 g/mol. The monoisotopic (exact) mass is 510 g/mol. The molecule has 0 saturated carbocycles. The van der Waals surface area contributed by atoms with Crippen molar-refractivity contribution in [2.24, 2.45) is 0 Å². The molecule has 0 aliphatic rings. The summed E-state index contributed by atoms with van der Waals surface area (Å²) < 4.78 is 7.81. The lowest BCUT2D eigenvalue weighted by atomic mass is 9.92. The minimum atomic E-state index is -0.371. The predicted octanol–water partition coefficient (Wildman–Crippen LogP) is 7.66. The number of amides is 2. The van der Waals surface area contributed by atoms with Gasteiger partial charge in [0.25, 0.3) is 0 Å². The Kier molecular flexibility index (Phi) is 6.55. The van der Waals surface area contributed by atoms with Crippen LogP contribution in [0.25, 0.3) is 16.5 Å². The quantitative estimate of drug-likeness (QED) is 0.253. The van der Waals surface area contributed by atoms with Crippen LogP contribution in [0.2, 0.25) is 0 Å². The molecule has 5 rings (SSSR count). The normalized spacial score (nSPS) is 11.4. The summed E-state index contributed by atoms with van der Waals surface area (Å²) in [5.41, 5.74) is 3.37. The first-order valence-electron chi connectivity index (χ1n) is 12.4. The van der Waals surface area contributed by atoms with E-state index in [0.717, 1.165) is 27.7 Å². The SMILES string of the molecule is Cc1ccc(-n2nc(C(C)(C)C)cc2NC(=O)Nc2ccc(Oc3ccnc(C)n3)c3ccccc23)cc1.[HH].[HH]. The molecule has 2 amide bonds. The Morgan fingerprint density at radius 1 is 0.921 bits per heavy atom. The van der Waals surface area contributed by atoms with Crippen LogP contribution in [0.5, 0.6) is 11.6 Å². The van der Waals surface area contributed by atoms with Gasteiger partial charge >= 0.3 is 6.03 Å². The zero-order chi connectivity index (χ0) is 26.9. The molecule has 3 aromatic carbocycles. The van der Waals surface area contributed by atoms with Gasteiger partial charge in [-0.25, -0.2) is 14.5 Å². The average Bonchev–Trinajstić information content (AvgIpc) is 3.30. The summed E-state index contributed by atoms with van der Waals surface area (Å²) in [7, 11) is 0. The van der Waals surface area contributed by atoms with Crippen LogP contribution in [0.3, 0.4) is 0 Å². The summed E-state index contributed by atoms with van der Waals surface area (Å²) in [4.78, 5) is 21.7. The third-order valence-corrected chi connectivity index (χ3v) is 6.10. The number of nitrogens with zero attached hydrogens (tertiary/aromatic N) is 4. The summed E-state index contributed by atoms with van der Waals surface area (Å²) in [5.74, 6) is 2.30. The summed E-state index contributed by atoms with van der Waals surface area (Å²) >= 11 is 0. The van der Waals surface area contributed by atoms with Crippen molar-refractivity contribution < 1.29 is 12.4 Å². The molecule has 2 heterocycles. The third kappa shape index (κ3) is 5.34. The van der Waals surface area contributed by atoms with Gasteiger partial charge in [-0.05, 0) is 38.1 Å². The Morgan fingerprint density at radius 2 is 1.66 bits per heavy atom. The molecule has 8 nitrogen and oxygen atoms in total. The van der Waals surface area contributed by atoms with E-state index in [9.17, 15) is 4.79 Å². The number of hydrogen-bond donors (Lipinski definition) is 2. The molecule has 196 valence electrons. The molecule has 0 aliphatic carbocycles. The maximum atomic E-state index is 13.2. The number of anilines is 2. The fraction of sp³-hybridized carbons (Fsp3) is 0.200. The van der Waals surface area contributed by atoms with Gasteiger partial charge in [0.1, 0.15) is 17.4 Å². The Hall–Kier alpha value is -4.72. The Morgan fingerprint density at radius 3 is 2.37 bits per heavy atom. The fourth-order valence-electron chi connectivity index (χ4n) is 4.06. The van der Waals surface area contributed by atoms with Crippen LogP contribution in [-0.2, 0) is 5.41 Å². The van der Waals surface area contributed by atoms with Crippen LogP contribution >= 0.6 is 0 Å². The van der Waals surface area contributed by atoms with E-state index in [4.69, 9.17) is 9.84 Å². The van der Waals surface area contributed by atoms with Crippen molar-refractivity contribution in [3.63, 3.8) is 0 Å². The van der Waals surface area contributed by atoms with Crippen LogP contribution in [0.1, 0.15) is 40.7 Å². The van der Waals surface area contributed by atoms with Gasteiger partial charge in [0.05, 0.1) is 17.1 Å². The number of carbonyl (C=O) groups excluding carboxylic acids is 1. The second-order valence-electron chi connectivity index (χ2n) is 10.2. The summed E-state index contributed by atoms with van der Waals surface area (Å²) in [5, 5.41) is 12.5. The molecular formula is C30H34N6O2. The van der Waals surface area contributed by atoms with E-state index in [0.29, 0.717) is 29.0 Å². The standard InChI is InChI=1S/C30H30N6O2.2H2/c1-19-10-12-21(13-11-19)36-27(18-26(35-36)30(3,4)5)34-29(37)33-24-14-15-25(23-9-7-6-8-22(23)24)38-28-16-17-31-20(2)32-28;;/h6-18H,1-5H3,(H2,33,34,37);2*1H. The topological polar surface area (TPSA) is 94.0 Å². The second kappa shape index (κ2) is 9.97. The van der Waals surface area contributed by atoms with Crippen LogP contribution < -0.4 is 15.4 Å². The Bertz CT molecular complexity index is 1630. The number of fused-ring (bicyclic) bond motifs is 1. The lowest BCUT2D eigenvalue weighted by Crippen LogP contribution is -2.21. The van der Waals surface area contributed by atoms with E-state index in [1.807, 2.05) is 80.6 Å². The van der Waals surface area contributed by atoms with Crippen molar-refractivity contribution in [2.75, 3.05) is 10.6 Å². The minimum absolute atomic E-state index is 0. The number of ether oxygens (including phenoxy) is 1. The molecular weight excluding hydrogens is 476 g/mol. The molecule has 0 saturated heterocycles. The summed E-state index contributed by atoms with van der Waals surface area (Å²) in [6.07, 6.45) is 1.66. The predicted molar refractivity (Wildman–Crippen MR) is 155 cm³/mol. The fourth-order valence-corrected chi connectivity index (χ4v) is 4.06. The van der Waals surface area contributed by atoms with Gasteiger partial charge in [0, 0.05) is 37.4 Å². The number of rotatable bonds is 5. The van der Waals surface area contributed by atoms with Crippen molar-refractivity contribution in [1.29, 1.82) is 0 Å². The molecule has 0 radical (unpaired) electrons. The molecule has 5 aromatic rings. The van der Waals surface area contributed by atoms with Crippen LogP contribution in [0.4, 0.5) is 16.3 Å². The largest absolute Gasteiger partial charge is 0.438 e. The van der Waals surface area contributed by atoms with E-state index in [1.54, 1.807) is 16.9 Å². The third-order valence-electron chi connectivity index (χ3n) is 6.10. The van der Waals surface area contributed by atoms with Gasteiger partial charge < -0.3 is 10.1 Å². The molecule has 2 aromatic heterocycles. The molecule has 0 fully saturated rings. The van der Waals surface area contributed by atoms with Crippen molar-refractivity contribution in [3.8, 4) is 17.3 Å². The molecule has 0 unspecified atom stereocenters. The maximum Gasteiger partial charge on any atom is 0.324 e. The first kappa shape index (κ1) is 25.0. The van der Waals surface area contributed by atoms with Crippen molar-refractivity contribution in [3.05, 3.63) is 96.1 Å². The molecule has 8 heteroatoms. The number of carbonyl (C=O) groups is 1. The zero-order valence-electron chi connectivity index (χ0n) is 22.1. The number of aryl methyl sites for hydroxylation is 2. The minimum Gasteiger partial charge on any atom is -0.438 e. The molecule has 0 atom stereocenters. The van der Waals surface area contributed by atoms with Gasteiger partial charge in [-0.15, -0.1) is 0 Å². The first-order chi connectivity index (χ1) is 18.2. The highest BCUT2D eigenvalue weighted by atomic mass is 16.5. The molecule has 38 heavy (non-hydrogen) atoms. The molecule has 0 bridgehead atoms. The van der Waals surface area contributed by atoms with E-state index in [2.05, 4.69) is 41.4 Å². The second-order valence-corrected chi connectivity index (χ2v) is 10.2. The van der Waals surface area contributed by atoms with Crippen molar-refractivity contribution in [2.45, 2.75) is 40.0 Å². The summed E-state index contributed by atoms with van der Waals surface area (Å²) in [6.45, 7) is 10.1. The first-order valence-corrected chi connectivity index (χ1v) is 12.4. The van der Waals surface area contributed by atoms with Gasteiger partial charge in [-0.2, -0.15) is 10.1 Å². The Labute approximate surface area is 224 Å².